The van der Waals surface area contributed by atoms with Gasteiger partial charge in [0.15, 0.2) is 17.4 Å². The topological polar surface area (TPSA) is 242 Å². The molecule has 344 valence electrons. The number of nitrogen functional groups attached to an aromatic ring is 1. The van der Waals surface area contributed by atoms with E-state index < -0.39 is 39.1 Å². The molecule has 3 atom stereocenters. The SMILES string of the molecule is CC(=O)Nc1cc(Cl)c(O)cc1OCC1(C)COC(C)(C)O1.CC1(COc2cc(O)c(Cl)cc2N)COC(C)(C)O1.CC1(COc2cc(O)c(Cl)cc2[N+](=O)[O-])COC(C)(C)O1. The molecule has 3 aromatic carbocycles. The first-order chi connectivity index (χ1) is 28.4. The number of carbonyl (C=O) groups is 1. The summed E-state index contributed by atoms with van der Waals surface area (Å²) in [6.07, 6.45) is 0. The number of amides is 1. The van der Waals surface area contributed by atoms with E-state index in [1.54, 1.807) is 20.8 Å². The van der Waals surface area contributed by atoms with Crippen LogP contribution in [0.2, 0.25) is 15.1 Å². The van der Waals surface area contributed by atoms with Crippen LogP contribution in [0.5, 0.6) is 34.5 Å². The molecular weight excluding hydrogens is 881 g/mol. The smallest absolute Gasteiger partial charge is 0.312 e. The van der Waals surface area contributed by atoms with Gasteiger partial charge in [-0.3, -0.25) is 14.9 Å². The number of rotatable bonds is 11. The molecule has 3 unspecified atom stereocenters. The fourth-order valence-electron chi connectivity index (χ4n) is 6.26. The van der Waals surface area contributed by atoms with Crippen molar-refractivity contribution < 1.29 is 67.7 Å². The average molecular weight is 935 g/mol. The van der Waals surface area contributed by atoms with Gasteiger partial charge in [0, 0.05) is 31.2 Å². The zero-order chi connectivity index (χ0) is 46.6. The largest absolute Gasteiger partial charge is 0.506 e. The molecule has 3 saturated heterocycles. The number of phenols is 3. The second-order valence-corrected chi connectivity index (χ2v) is 18.2. The van der Waals surface area contributed by atoms with Crippen molar-refractivity contribution in [3.05, 3.63) is 61.6 Å². The van der Waals surface area contributed by atoms with E-state index in [0.717, 1.165) is 12.1 Å². The standard InChI is InChI=1S/C15H20ClNO5.C13H16ClNO6.C13H18ClNO4/c1-9(18)17-11-5-10(16)12(19)6-13(11)20-7-15(4)8-21-14(2,3)22-15;1-12(2)20-7-13(3,21-12)6-19-11-5-10(16)8(14)4-9(11)15(17)18;1-12(2)18-7-13(3,19-12)6-17-11-5-10(16)8(14)4-9(11)15/h5-6,19H,7-8H2,1-4H3,(H,17,18);4-5,16H,6-7H2,1-3H3;4-5,16H,6-7,15H2,1-3H3. The lowest BCUT2D eigenvalue weighted by atomic mass is 10.1. The molecule has 6 N–H and O–H groups in total. The van der Waals surface area contributed by atoms with E-state index in [9.17, 15) is 30.2 Å². The highest BCUT2D eigenvalue weighted by Crippen LogP contribution is 2.40. The van der Waals surface area contributed by atoms with Gasteiger partial charge in [0.1, 0.15) is 65.4 Å². The molecule has 0 radical (unpaired) electrons. The van der Waals surface area contributed by atoms with Crippen LogP contribution in [0.4, 0.5) is 17.1 Å². The van der Waals surface area contributed by atoms with Gasteiger partial charge in [-0.05, 0) is 74.4 Å². The maximum absolute atomic E-state index is 11.3. The molecule has 62 heavy (non-hydrogen) atoms. The van der Waals surface area contributed by atoms with E-state index in [0.29, 0.717) is 42.7 Å². The van der Waals surface area contributed by atoms with Crippen LogP contribution in [0, 0.1) is 10.1 Å². The van der Waals surface area contributed by atoms with Gasteiger partial charge < -0.3 is 69.0 Å². The average Bonchev–Trinajstić information content (AvgIpc) is 3.72. The maximum Gasteiger partial charge on any atom is 0.312 e. The monoisotopic (exact) mass is 933 g/mol. The summed E-state index contributed by atoms with van der Waals surface area (Å²) in [5.74, 6) is -2.15. The Kier molecular flexibility index (Phi) is 15.6. The van der Waals surface area contributed by atoms with Crippen LogP contribution >= 0.6 is 34.8 Å². The number of halogens is 3. The molecule has 0 saturated carbocycles. The lowest BCUT2D eigenvalue weighted by Crippen LogP contribution is -2.37. The van der Waals surface area contributed by atoms with Gasteiger partial charge in [0.05, 0.1) is 51.2 Å². The number of aromatic hydroxyl groups is 3. The van der Waals surface area contributed by atoms with E-state index in [4.69, 9.17) is 83.2 Å². The van der Waals surface area contributed by atoms with Crippen LogP contribution in [-0.2, 0) is 33.2 Å². The second kappa shape index (κ2) is 19.2. The summed E-state index contributed by atoms with van der Waals surface area (Å²) < 4.78 is 50.6. The molecule has 0 spiro atoms. The van der Waals surface area contributed by atoms with E-state index in [-0.39, 0.29) is 69.5 Å². The molecule has 0 aliphatic carbocycles. The molecule has 3 aliphatic heterocycles. The maximum atomic E-state index is 11.3. The second-order valence-electron chi connectivity index (χ2n) is 16.9. The minimum absolute atomic E-state index is 0.0400. The number of carbonyl (C=O) groups excluding carboxylic acids is 1. The summed E-state index contributed by atoms with van der Waals surface area (Å²) in [7, 11) is 0. The molecule has 0 bridgehead atoms. The highest BCUT2D eigenvalue weighted by atomic mass is 35.5. The Bertz CT molecular complexity index is 2120. The lowest BCUT2D eigenvalue weighted by molar-refractivity contribution is -0.386. The van der Waals surface area contributed by atoms with Crippen LogP contribution < -0.4 is 25.3 Å². The Morgan fingerprint density at radius 3 is 1.40 bits per heavy atom. The van der Waals surface area contributed by atoms with E-state index >= 15 is 0 Å². The zero-order valence-electron chi connectivity index (χ0n) is 36.1. The van der Waals surface area contributed by atoms with Crippen LogP contribution in [0.3, 0.4) is 0 Å². The first kappa shape index (κ1) is 50.4. The molecule has 3 aromatic rings. The third-order valence-corrected chi connectivity index (χ3v) is 9.82. The predicted molar refractivity (Wildman–Crippen MR) is 230 cm³/mol. The number of hydrogen-bond acceptors (Lipinski definition) is 16. The Hall–Kier alpha value is -4.24. The van der Waals surface area contributed by atoms with E-state index in [1.165, 1.54) is 31.2 Å². The number of hydrogen-bond donors (Lipinski definition) is 5. The molecule has 3 fully saturated rings. The van der Waals surface area contributed by atoms with Crippen LogP contribution in [0.15, 0.2) is 36.4 Å². The summed E-state index contributed by atoms with van der Waals surface area (Å²) in [5, 5.41) is 42.6. The van der Waals surface area contributed by atoms with Crippen molar-refractivity contribution in [2.24, 2.45) is 0 Å². The van der Waals surface area contributed by atoms with E-state index in [1.807, 2.05) is 41.5 Å². The van der Waals surface area contributed by atoms with Gasteiger partial charge in [-0.1, -0.05) is 34.8 Å². The number of benzene rings is 3. The normalized spacial score (nSPS) is 24.2. The molecule has 3 aliphatic rings. The highest BCUT2D eigenvalue weighted by molar-refractivity contribution is 6.33. The fourth-order valence-corrected chi connectivity index (χ4v) is 6.76. The fraction of sp³-hybridized carbons (Fsp3) is 0.537. The van der Waals surface area contributed by atoms with Gasteiger partial charge in [0.2, 0.25) is 11.7 Å². The van der Waals surface area contributed by atoms with Crippen molar-refractivity contribution >= 4 is 57.8 Å². The zero-order valence-corrected chi connectivity index (χ0v) is 38.4. The summed E-state index contributed by atoms with van der Waals surface area (Å²) in [6, 6.07) is 7.80. The first-order valence-corrected chi connectivity index (χ1v) is 20.2. The van der Waals surface area contributed by atoms with Gasteiger partial charge in [0.25, 0.3) is 0 Å². The Morgan fingerprint density at radius 1 is 0.661 bits per heavy atom. The Balaban J connectivity index is 0.000000205. The number of ether oxygens (including phenoxy) is 9. The molecular formula is C41H54Cl3N3O15. The van der Waals surface area contributed by atoms with Crippen molar-refractivity contribution in [2.75, 3.05) is 50.7 Å². The minimum Gasteiger partial charge on any atom is -0.506 e. The third-order valence-electron chi connectivity index (χ3n) is 8.91. The summed E-state index contributed by atoms with van der Waals surface area (Å²) >= 11 is 17.3. The van der Waals surface area contributed by atoms with Crippen molar-refractivity contribution in [3.63, 3.8) is 0 Å². The van der Waals surface area contributed by atoms with Gasteiger partial charge in [-0.25, -0.2) is 0 Å². The van der Waals surface area contributed by atoms with Gasteiger partial charge >= 0.3 is 5.69 Å². The summed E-state index contributed by atoms with van der Waals surface area (Å²) in [5.41, 5.74) is 4.31. The molecule has 1 amide bonds. The van der Waals surface area contributed by atoms with Crippen LogP contribution in [0.25, 0.3) is 0 Å². The third kappa shape index (κ3) is 14.1. The van der Waals surface area contributed by atoms with Crippen molar-refractivity contribution in [1.29, 1.82) is 0 Å². The lowest BCUT2D eigenvalue weighted by Gasteiger charge is -2.25. The predicted octanol–water partition coefficient (Wildman–Crippen LogP) is 8.35. The first-order valence-electron chi connectivity index (χ1n) is 19.1. The molecule has 3 heterocycles. The number of nitro benzene ring substituents is 1. The summed E-state index contributed by atoms with van der Waals surface area (Å²) in [4.78, 5) is 21.6. The molecule has 0 aromatic heterocycles. The molecule has 6 rings (SSSR count). The van der Waals surface area contributed by atoms with Crippen LogP contribution in [0.1, 0.15) is 69.2 Å². The molecule has 21 heteroatoms. The van der Waals surface area contributed by atoms with Crippen LogP contribution in [-0.4, -0.2) is 100.0 Å². The molecule has 18 nitrogen and oxygen atoms in total. The highest BCUT2D eigenvalue weighted by Gasteiger charge is 2.45. The number of anilines is 2. The van der Waals surface area contributed by atoms with Gasteiger partial charge in [-0.15, -0.1) is 0 Å². The number of nitrogens with two attached hydrogens (primary N) is 1. The number of nitrogens with zero attached hydrogens (tertiary/aromatic N) is 1. The summed E-state index contributed by atoms with van der Waals surface area (Å²) in [6.45, 7) is 19.4. The Labute approximate surface area is 374 Å². The Morgan fingerprint density at radius 2 is 1.02 bits per heavy atom. The number of phenolic OH excluding ortho intramolecular Hbond substituents is 3. The number of nitrogens with one attached hydrogen (secondary N) is 1. The van der Waals surface area contributed by atoms with Crippen molar-refractivity contribution in [2.45, 2.75) is 103 Å². The quantitative estimate of drug-likeness (QED) is 0.0525. The van der Waals surface area contributed by atoms with Crippen molar-refractivity contribution in [3.8, 4) is 34.5 Å². The van der Waals surface area contributed by atoms with Crippen molar-refractivity contribution in [1.82, 2.24) is 0 Å². The minimum atomic E-state index is -0.730. The van der Waals surface area contributed by atoms with E-state index in [2.05, 4.69) is 5.32 Å². The number of nitro groups is 1. The van der Waals surface area contributed by atoms with Gasteiger partial charge in [-0.2, -0.15) is 0 Å².